The highest BCUT2D eigenvalue weighted by Gasteiger charge is 2.01. The van der Waals surface area contributed by atoms with Crippen molar-refractivity contribution in [3.8, 4) is 0 Å². The fraction of sp³-hybridized carbons (Fsp3) is 0.333. The van der Waals surface area contributed by atoms with Gasteiger partial charge in [-0.1, -0.05) is 12.1 Å². The molecular weight excluding hydrogens is 254 g/mol. The van der Waals surface area contributed by atoms with E-state index >= 15 is 0 Å². The fourth-order valence-corrected chi connectivity index (χ4v) is 1.30. The molecule has 0 unspecified atom stereocenters. The van der Waals surface area contributed by atoms with Gasteiger partial charge in [-0.2, -0.15) is 0 Å². The molecule has 0 radical (unpaired) electrons. The highest BCUT2D eigenvalue weighted by molar-refractivity contribution is 5.85. The van der Waals surface area contributed by atoms with Gasteiger partial charge < -0.3 is 16.4 Å². The summed E-state index contributed by atoms with van der Waals surface area (Å²) in [5.41, 5.74) is 7.40. The number of carbonyl (C=O) groups excluding carboxylic acids is 2. The number of amides is 2. The maximum absolute atomic E-state index is 11.2. The van der Waals surface area contributed by atoms with E-state index in [0.29, 0.717) is 6.54 Å². The van der Waals surface area contributed by atoms with E-state index in [1.54, 1.807) is 0 Å². The Kier molecular flexibility index (Phi) is 7.54. The number of nitrogen functional groups attached to an aromatic ring is 1. The van der Waals surface area contributed by atoms with Crippen LogP contribution in [-0.2, 0) is 16.0 Å². The van der Waals surface area contributed by atoms with E-state index in [1.807, 2.05) is 24.3 Å². The van der Waals surface area contributed by atoms with Crippen LogP contribution in [0.1, 0.15) is 12.5 Å². The molecule has 18 heavy (non-hydrogen) atoms. The van der Waals surface area contributed by atoms with Gasteiger partial charge in [0.1, 0.15) is 0 Å². The molecule has 0 saturated heterocycles. The predicted molar refractivity (Wildman–Crippen MR) is 73.5 cm³/mol. The molecule has 100 valence electrons. The third-order valence-electron chi connectivity index (χ3n) is 2.21. The number of nitrogens with two attached hydrogens (primary N) is 1. The molecule has 5 nitrogen and oxygen atoms in total. The molecular formula is C12H18ClN3O2. The van der Waals surface area contributed by atoms with Crippen LogP contribution in [0.4, 0.5) is 5.69 Å². The average Bonchev–Trinajstić information content (AvgIpc) is 2.29. The monoisotopic (exact) mass is 271 g/mol. The fourth-order valence-electron chi connectivity index (χ4n) is 1.30. The number of anilines is 1. The summed E-state index contributed by atoms with van der Waals surface area (Å²) < 4.78 is 0. The molecule has 0 aromatic heterocycles. The molecule has 4 N–H and O–H groups in total. The third kappa shape index (κ3) is 6.75. The summed E-state index contributed by atoms with van der Waals surface area (Å²) in [6.45, 7) is 1.95. The lowest BCUT2D eigenvalue weighted by Crippen LogP contribution is -2.36. The summed E-state index contributed by atoms with van der Waals surface area (Å²) in [6.07, 6.45) is 0.742. The van der Waals surface area contributed by atoms with Gasteiger partial charge in [0.15, 0.2) is 0 Å². The summed E-state index contributed by atoms with van der Waals surface area (Å²) >= 11 is 0. The molecule has 1 rings (SSSR count). The highest BCUT2D eigenvalue weighted by Crippen LogP contribution is 2.05. The van der Waals surface area contributed by atoms with Crippen molar-refractivity contribution >= 4 is 29.9 Å². The SMILES string of the molecule is CC(=O)NCC(=O)NCCc1ccc(N)cc1.Cl. The van der Waals surface area contributed by atoms with E-state index in [4.69, 9.17) is 5.73 Å². The van der Waals surface area contributed by atoms with Crippen LogP contribution in [0.25, 0.3) is 0 Å². The lowest BCUT2D eigenvalue weighted by Gasteiger charge is -2.06. The van der Waals surface area contributed by atoms with E-state index in [0.717, 1.165) is 17.7 Å². The Morgan fingerprint density at radius 1 is 1.17 bits per heavy atom. The van der Waals surface area contributed by atoms with Gasteiger partial charge in [0.05, 0.1) is 6.54 Å². The standard InChI is InChI=1S/C12H17N3O2.ClH/c1-9(16)15-8-12(17)14-7-6-10-2-4-11(13)5-3-10;/h2-5H,6-8,13H2,1H3,(H,14,17)(H,15,16);1H. The molecule has 1 aromatic carbocycles. The van der Waals surface area contributed by atoms with Crippen LogP contribution in [0.3, 0.4) is 0 Å². The lowest BCUT2D eigenvalue weighted by molar-refractivity contribution is -0.125. The number of halogens is 1. The highest BCUT2D eigenvalue weighted by atomic mass is 35.5. The second-order valence-corrected chi connectivity index (χ2v) is 3.75. The van der Waals surface area contributed by atoms with Crippen molar-refractivity contribution < 1.29 is 9.59 Å². The second-order valence-electron chi connectivity index (χ2n) is 3.75. The van der Waals surface area contributed by atoms with E-state index < -0.39 is 0 Å². The van der Waals surface area contributed by atoms with Crippen molar-refractivity contribution in [3.63, 3.8) is 0 Å². The van der Waals surface area contributed by atoms with E-state index in [-0.39, 0.29) is 30.8 Å². The molecule has 0 aliphatic heterocycles. The maximum atomic E-state index is 11.2. The van der Waals surface area contributed by atoms with Crippen molar-refractivity contribution in [1.82, 2.24) is 10.6 Å². The van der Waals surface area contributed by atoms with E-state index in [9.17, 15) is 9.59 Å². The zero-order valence-electron chi connectivity index (χ0n) is 10.2. The van der Waals surface area contributed by atoms with Crippen LogP contribution >= 0.6 is 12.4 Å². The molecule has 0 heterocycles. The second kappa shape index (κ2) is 8.36. The van der Waals surface area contributed by atoms with Crippen LogP contribution < -0.4 is 16.4 Å². The molecule has 0 fully saturated rings. The van der Waals surface area contributed by atoms with Crippen LogP contribution in [0.15, 0.2) is 24.3 Å². The minimum Gasteiger partial charge on any atom is -0.399 e. The number of hydrogen-bond acceptors (Lipinski definition) is 3. The average molecular weight is 272 g/mol. The number of carbonyl (C=O) groups is 2. The van der Waals surface area contributed by atoms with Crippen LogP contribution in [0, 0.1) is 0 Å². The Bertz CT molecular complexity index is 393. The van der Waals surface area contributed by atoms with Gasteiger partial charge in [-0.15, -0.1) is 12.4 Å². The molecule has 2 amide bonds. The summed E-state index contributed by atoms with van der Waals surface area (Å²) in [5, 5.41) is 5.15. The summed E-state index contributed by atoms with van der Waals surface area (Å²) in [5.74, 6) is -0.394. The lowest BCUT2D eigenvalue weighted by atomic mass is 10.1. The Balaban J connectivity index is 0.00000289. The quantitative estimate of drug-likeness (QED) is 0.681. The van der Waals surface area contributed by atoms with Crippen molar-refractivity contribution in [2.45, 2.75) is 13.3 Å². The Labute approximate surface area is 113 Å². The minimum atomic E-state index is -0.210. The molecule has 0 bridgehead atoms. The zero-order valence-corrected chi connectivity index (χ0v) is 11.0. The number of hydrogen-bond donors (Lipinski definition) is 3. The van der Waals surface area contributed by atoms with Crippen LogP contribution in [-0.4, -0.2) is 24.9 Å². The molecule has 0 aliphatic rings. The van der Waals surface area contributed by atoms with Gasteiger partial charge in [-0.25, -0.2) is 0 Å². The normalized spacial score (nSPS) is 9.17. The van der Waals surface area contributed by atoms with Gasteiger partial charge in [0.25, 0.3) is 0 Å². The number of nitrogens with one attached hydrogen (secondary N) is 2. The zero-order chi connectivity index (χ0) is 12.7. The summed E-state index contributed by atoms with van der Waals surface area (Å²) in [4.78, 5) is 21.8. The predicted octanol–water partition coefficient (Wildman–Crippen LogP) is 0.485. The molecule has 0 spiro atoms. The van der Waals surface area contributed by atoms with E-state index in [1.165, 1.54) is 6.92 Å². The largest absolute Gasteiger partial charge is 0.399 e. The Morgan fingerprint density at radius 3 is 2.33 bits per heavy atom. The maximum Gasteiger partial charge on any atom is 0.239 e. The van der Waals surface area contributed by atoms with Gasteiger partial charge in [-0.05, 0) is 24.1 Å². The molecule has 0 saturated carbocycles. The molecule has 0 aliphatic carbocycles. The summed E-state index contributed by atoms with van der Waals surface area (Å²) in [6, 6.07) is 7.51. The van der Waals surface area contributed by atoms with Gasteiger partial charge >= 0.3 is 0 Å². The smallest absolute Gasteiger partial charge is 0.239 e. The first kappa shape index (κ1) is 16.2. The molecule has 0 atom stereocenters. The first-order chi connectivity index (χ1) is 8.08. The van der Waals surface area contributed by atoms with Crippen molar-refractivity contribution in [3.05, 3.63) is 29.8 Å². The van der Waals surface area contributed by atoms with Gasteiger partial charge in [0, 0.05) is 19.2 Å². The molecule has 6 heteroatoms. The minimum absolute atomic E-state index is 0. The van der Waals surface area contributed by atoms with Crippen LogP contribution in [0.5, 0.6) is 0 Å². The van der Waals surface area contributed by atoms with E-state index in [2.05, 4.69) is 10.6 Å². The Hall–Kier alpha value is -1.75. The number of rotatable bonds is 5. The van der Waals surface area contributed by atoms with Crippen molar-refractivity contribution in [2.75, 3.05) is 18.8 Å². The summed E-state index contributed by atoms with van der Waals surface area (Å²) in [7, 11) is 0. The van der Waals surface area contributed by atoms with Gasteiger partial charge in [0.2, 0.25) is 11.8 Å². The van der Waals surface area contributed by atoms with Crippen LogP contribution in [0.2, 0.25) is 0 Å². The molecule has 1 aromatic rings. The number of benzene rings is 1. The van der Waals surface area contributed by atoms with Crippen molar-refractivity contribution in [1.29, 1.82) is 0 Å². The topological polar surface area (TPSA) is 84.2 Å². The van der Waals surface area contributed by atoms with Gasteiger partial charge in [-0.3, -0.25) is 9.59 Å². The Morgan fingerprint density at radius 2 is 1.78 bits per heavy atom. The first-order valence-corrected chi connectivity index (χ1v) is 5.43. The van der Waals surface area contributed by atoms with Crippen molar-refractivity contribution in [2.24, 2.45) is 0 Å². The third-order valence-corrected chi connectivity index (χ3v) is 2.21. The first-order valence-electron chi connectivity index (χ1n) is 5.43.